The molecule has 5 fully saturated rings. The van der Waals surface area contributed by atoms with Crippen molar-refractivity contribution < 1.29 is 4.79 Å². The lowest BCUT2D eigenvalue weighted by Crippen LogP contribution is -2.49. The van der Waals surface area contributed by atoms with Gasteiger partial charge in [-0.25, -0.2) is 0 Å². The summed E-state index contributed by atoms with van der Waals surface area (Å²) in [6.45, 7) is 6.23. The number of piperazine rings is 1. The van der Waals surface area contributed by atoms with Gasteiger partial charge in [-0.1, -0.05) is 0 Å². The minimum absolute atomic E-state index is 0. The van der Waals surface area contributed by atoms with Crippen LogP contribution in [0, 0.1) is 23.2 Å². The van der Waals surface area contributed by atoms with E-state index in [1.807, 2.05) is 0 Å². The third kappa shape index (κ3) is 4.02. The maximum absolute atomic E-state index is 12.4. The molecule has 0 unspecified atom stereocenters. The van der Waals surface area contributed by atoms with Crippen LogP contribution >= 0.6 is 12.4 Å². The number of rotatable bonds is 5. The van der Waals surface area contributed by atoms with E-state index >= 15 is 0 Å². The summed E-state index contributed by atoms with van der Waals surface area (Å²) in [4.78, 5) is 14.9. The van der Waals surface area contributed by atoms with E-state index in [1.165, 1.54) is 38.5 Å². The highest BCUT2D eigenvalue weighted by atomic mass is 35.5. The zero-order chi connectivity index (χ0) is 15.0. The van der Waals surface area contributed by atoms with E-state index < -0.39 is 0 Å². The maximum atomic E-state index is 12.4. The first-order valence-electron chi connectivity index (χ1n) is 9.41. The fourth-order valence-corrected chi connectivity index (χ4v) is 6.20. The van der Waals surface area contributed by atoms with Gasteiger partial charge in [-0.3, -0.25) is 9.69 Å². The topological polar surface area (TPSA) is 44.4 Å². The van der Waals surface area contributed by atoms with Gasteiger partial charge in [0.2, 0.25) is 5.91 Å². The monoisotopic (exact) mass is 341 g/mol. The number of nitrogens with zero attached hydrogens (tertiary/aromatic N) is 1. The van der Waals surface area contributed by atoms with Crippen LogP contribution in [0.5, 0.6) is 0 Å². The smallest absolute Gasteiger partial charge is 0.220 e. The molecule has 0 radical (unpaired) electrons. The average Bonchev–Trinajstić information content (AvgIpc) is 2.46. The first-order chi connectivity index (χ1) is 10.7. The molecule has 4 nitrogen and oxygen atoms in total. The zero-order valence-electron chi connectivity index (χ0n) is 14.2. The van der Waals surface area contributed by atoms with Crippen molar-refractivity contribution in [2.45, 2.75) is 44.9 Å². The Hall–Kier alpha value is -0.320. The molecule has 0 aromatic heterocycles. The molecule has 5 heteroatoms. The Morgan fingerprint density at radius 2 is 1.61 bits per heavy atom. The van der Waals surface area contributed by atoms with Gasteiger partial charge in [-0.2, -0.15) is 0 Å². The van der Waals surface area contributed by atoms with Gasteiger partial charge in [0.1, 0.15) is 0 Å². The van der Waals surface area contributed by atoms with E-state index in [2.05, 4.69) is 15.5 Å². The quantitative estimate of drug-likeness (QED) is 0.804. The number of amides is 1. The predicted octanol–water partition coefficient (Wildman–Crippen LogP) is 2.04. The summed E-state index contributed by atoms with van der Waals surface area (Å²) in [7, 11) is 0. The molecule has 0 aromatic carbocycles. The number of halogens is 1. The standard InChI is InChI=1S/C18H31N3O.ClH/c22-17(20-3-6-21-4-1-19-2-5-21)13-18-10-14-7-15(11-18)9-16(8-14)12-18;/h14-16,19H,1-13H2,(H,20,22);1H. The highest BCUT2D eigenvalue weighted by molar-refractivity contribution is 5.85. The molecule has 4 aliphatic carbocycles. The Kier molecular flexibility index (Phi) is 5.54. The molecule has 2 N–H and O–H groups in total. The predicted molar refractivity (Wildman–Crippen MR) is 94.8 cm³/mol. The van der Waals surface area contributed by atoms with Crippen molar-refractivity contribution in [2.75, 3.05) is 39.3 Å². The Labute approximate surface area is 146 Å². The summed E-state index contributed by atoms with van der Waals surface area (Å²) in [6, 6.07) is 0. The van der Waals surface area contributed by atoms with Crippen LogP contribution in [-0.4, -0.2) is 50.1 Å². The fraction of sp³-hybridized carbons (Fsp3) is 0.944. The van der Waals surface area contributed by atoms with E-state index in [0.717, 1.165) is 63.4 Å². The van der Waals surface area contributed by atoms with Crippen LogP contribution in [0.1, 0.15) is 44.9 Å². The van der Waals surface area contributed by atoms with Crippen molar-refractivity contribution in [3.8, 4) is 0 Å². The fourth-order valence-electron chi connectivity index (χ4n) is 6.20. The third-order valence-electron chi connectivity index (χ3n) is 6.66. The summed E-state index contributed by atoms with van der Waals surface area (Å²) in [5, 5.41) is 6.57. The van der Waals surface area contributed by atoms with Crippen LogP contribution < -0.4 is 10.6 Å². The molecule has 132 valence electrons. The molecule has 0 atom stereocenters. The zero-order valence-corrected chi connectivity index (χ0v) is 15.0. The highest BCUT2D eigenvalue weighted by Gasteiger charge is 2.51. The molecule has 1 amide bonds. The number of hydrogen-bond acceptors (Lipinski definition) is 3. The summed E-state index contributed by atoms with van der Waals surface area (Å²) in [5.74, 6) is 3.15. The van der Waals surface area contributed by atoms with Crippen molar-refractivity contribution in [1.82, 2.24) is 15.5 Å². The van der Waals surface area contributed by atoms with Gasteiger partial charge in [-0.15, -0.1) is 12.4 Å². The van der Waals surface area contributed by atoms with Gasteiger partial charge in [0, 0.05) is 45.7 Å². The van der Waals surface area contributed by atoms with Crippen molar-refractivity contribution in [3.05, 3.63) is 0 Å². The molecule has 1 saturated heterocycles. The Morgan fingerprint density at radius 1 is 1.04 bits per heavy atom. The number of nitrogens with one attached hydrogen (secondary N) is 2. The Morgan fingerprint density at radius 3 is 2.17 bits per heavy atom. The van der Waals surface area contributed by atoms with Crippen LogP contribution in [0.15, 0.2) is 0 Å². The Balaban J connectivity index is 0.00000156. The summed E-state index contributed by atoms with van der Waals surface area (Å²) < 4.78 is 0. The molecule has 0 aromatic rings. The normalized spacial score (nSPS) is 39.0. The second-order valence-corrected chi connectivity index (χ2v) is 8.54. The SMILES string of the molecule is Cl.O=C(CC12CC3CC(CC(C3)C1)C2)NCCN1CCNCC1. The van der Waals surface area contributed by atoms with Crippen LogP contribution in [0.4, 0.5) is 0 Å². The minimum Gasteiger partial charge on any atom is -0.355 e. The molecule has 4 bridgehead atoms. The van der Waals surface area contributed by atoms with E-state index in [4.69, 9.17) is 0 Å². The molecular weight excluding hydrogens is 310 g/mol. The van der Waals surface area contributed by atoms with E-state index in [9.17, 15) is 4.79 Å². The van der Waals surface area contributed by atoms with Gasteiger partial charge in [0.05, 0.1) is 0 Å². The molecule has 4 saturated carbocycles. The second kappa shape index (κ2) is 7.28. The van der Waals surface area contributed by atoms with Crippen molar-refractivity contribution in [1.29, 1.82) is 0 Å². The van der Waals surface area contributed by atoms with Crippen LogP contribution in [0.25, 0.3) is 0 Å². The van der Waals surface area contributed by atoms with Gasteiger partial charge < -0.3 is 10.6 Å². The molecule has 0 spiro atoms. The summed E-state index contributed by atoms with van der Waals surface area (Å²) >= 11 is 0. The van der Waals surface area contributed by atoms with Gasteiger partial charge >= 0.3 is 0 Å². The van der Waals surface area contributed by atoms with E-state index in [0.29, 0.717) is 11.3 Å². The molecule has 1 aliphatic heterocycles. The highest BCUT2D eigenvalue weighted by Crippen LogP contribution is 2.61. The van der Waals surface area contributed by atoms with Crippen molar-refractivity contribution in [2.24, 2.45) is 23.2 Å². The van der Waals surface area contributed by atoms with Crippen molar-refractivity contribution >= 4 is 18.3 Å². The van der Waals surface area contributed by atoms with E-state index in [1.54, 1.807) is 0 Å². The lowest BCUT2D eigenvalue weighted by Gasteiger charge is -2.56. The Bertz CT molecular complexity index is 387. The third-order valence-corrected chi connectivity index (χ3v) is 6.66. The molecular formula is C18H32ClN3O. The molecule has 5 aliphatic rings. The lowest BCUT2D eigenvalue weighted by molar-refractivity contribution is -0.129. The molecule has 1 heterocycles. The van der Waals surface area contributed by atoms with Gasteiger partial charge in [0.25, 0.3) is 0 Å². The maximum Gasteiger partial charge on any atom is 0.220 e. The van der Waals surface area contributed by atoms with Crippen LogP contribution in [0.2, 0.25) is 0 Å². The van der Waals surface area contributed by atoms with Gasteiger partial charge in [0.15, 0.2) is 0 Å². The average molecular weight is 342 g/mol. The minimum atomic E-state index is 0. The van der Waals surface area contributed by atoms with Crippen molar-refractivity contribution in [3.63, 3.8) is 0 Å². The van der Waals surface area contributed by atoms with Crippen LogP contribution in [-0.2, 0) is 4.79 Å². The number of carbonyl (C=O) groups is 1. The largest absolute Gasteiger partial charge is 0.355 e. The lowest BCUT2D eigenvalue weighted by atomic mass is 9.49. The van der Waals surface area contributed by atoms with Gasteiger partial charge in [-0.05, 0) is 61.7 Å². The van der Waals surface area contributed by atoms with E-state index in [-0.39, 0.29) is 12.4 Å². The first-order valence-corrected chi connectivity index (χ1v) is 9.41. The molecule has 23 heavy (non-hydrogen) atoms. The summed E-state index contributed by atoms with van der Waals surface area (Å²) in [5.41, 5.74) is 0.383. The molecule has 5 rings (SSSR count). The number of carbonyl (C=O) groups excluding carboxylic acids is 1. The number of hydrogen-bond donors (Lipinski definition) is 2. The summed E-state index contributed by atoms with van der Waals surface area (Å²) in [6.07, 6.45) is 9.20. The second-order valence-electron chi connectivity index (χ2n) is 8.54. The first kappa shape index (κ1) is 17.5. The van der Waals surface area contributed by atoms with Crippen LogP contribution in [0.3, 0.4) is 0 Å².